The van der Waals surface area contributed by atoms with Gasteiger partial charge >= 0.3 is 0 Å². The Kier molecular flexibility index (Phi) is 4.32. The van der Waals surface area contributed by atoms with E-state index in [1.54, 1.807) is 17.0 Å². The van der Waals surface area contributed by atoms with Crippen LogP contribution in [0.15, 0.2) is 35.4 Å². The number of aryl methyl sites for hydroxylation is 1. The zero-order valence-corrected chi connectivity index (χ0v) is 17.3. The molecule has 0 spiro atoms. The number of amides is 1. The average Bonchev–Trinajstić information content (AvgIpc) is 2.75. The van der Waals surface area contributed by atoms with Crippen molar-refractivity contribution in [2.24, 2.45) is 0 Å². The molecule has 2 aliphatic rings. The highest BCUT2D eigenvalue weighted by molar-refractivity contribution is 6.10. The van der Waals surface area contributed by atoms with Gasteiger partial charge in [-0.25, -0.2) is 4.98 Å². The second kappa shape index (κ2) is 6.91. The third-order valence-corrected chi connectivity index (χ3v) is 5.91. The van der Waals surface area contributed by atoms with E-state index >= 15 is 0 Å². The monoisotopic (exact) mass is 404 g/mol. The number of nitrogens with zero attached hydrogens (tertiary/aromatic N) is 4. The number of aromatic nitrogens is 3. The molecule has 8 heteroatoms. The predicted octanol–water partition coefficient (Wildman–Crippen LogP) is 1.94. The summed E-state index contributed by atoms with van der Waals surface area (Å²) in [6.45, 7) is 8.04. The number of anilines is 2. The summed E-state index contributed by atoms with van der Waals surface area (Å²) < 4.78 is 1.62. The Morgan fingerprint density at radius 2 is 1.97 bits per heavy atom. The molecule has 0 radical (unpaired) electrons. The zero-order valence-electron chi connectivity index (χ0n) is 17.3. The third-order valence-electron chi connectivity index (χ3n) is 5.91. The fourth-order valence-electron chi connectivity index (χ4n) is 4.52. The summed E-state index contributed by atoms with van der Waals surface area (Å²) in [5.74, 6) is -0.0395. The third kappa shape index (κ3) is 2.64. The van der Waals surface area contributed by atoms with Crippen LogP contribution in [0, 0.1) is 6.92 Å². The van der Waals surface area contributed by atoms with Crippen molar-refractivity contribution in [3.05, 3.63) is 52.2 Å². The van der Waals surface area contributed by atoms with Gasteiger partial charge in [0, 0.05) is 37.4 Å². The quantitative estimate of drug-likeness (QED) is 0.678. The van der Waals surface area contributed by atoms with E-state index in [4.69, 9.17) is 0 Å². The molecule has 30 heavy (non-hydrogen) atoms. The summed E-state index contributed by atoms with van der Waals surface area (Å²) in [4.78, 5) is 37.8. The first-order valence-electron chi connectivity index (χ1n) is 10.3. The van der Waals surface area contributed by atoms with Crippen molar-refractivity contribution in [1.82, 2.24) is 19.9 Å². The van der Waals surface area contributed by atoms with Gasteiger partial charge in [-0.05, 0) is 36.6 Å². The smallest absolute Gasteiger partial charge is 0.282 e. The van der Waals surface area contributed by atoms with E-state index < -0.39 is 0 Å². The number of rotatable bonds is 2. The topological polar surface area (TPSA) is 92.2 Å². The van der Waals surface area contributed by atoms with Crippen LogP contribution in [0.3, 0.4) is 0 Å². The standard InChI is InChI=1S/C22H24N6O2/c1-12(2)16-18(13(3)6-8-24-16)28-20-14(5-4-7-25-20)19-17(22(28)30)26-21(29)15-11-23-9-10-27(15)19/h4-8,12,15,23H,9-11H2,1-3H3,(H,26,29). The molecule has 0 saturated carbocycles. The van der Waals surface area contributed by atoms with Crippen LogP contribution in [0.1, 0.15) is 31.0 Å². The Morgan fingerprint density at radius 1 is 1.13 bits per heavy atom. The molecule has 1 saturated heterocycles. The van der Waals surface area contributed by atoms with Gasteiger partial charge in [0.05, 0.1) is 17.1 Å². The van der Waals surface area contributed by atoms with E-state index in [0.29, 0.717) is 24.4 Å². The summed E-state index contributed by atoms with van der Waals surface area (Å²) >= 11 is 0. The SMILES string of the molecule is Cc1ccnc(C(C)C)c1-n1c(=O)c2c(c3cccnc31)N1CCNCC1C(=O)N2. The molecule has 2 N–H and O–H groups in total. The Morgan fingerprint density at radius 3 is 2.77 bits per heavy atom. The maximum atomic E-state index is 13.8. The lowest BCUT2D eigenvalue weighted by molar-refractivity contribution is -0.117. The Hall–Kier alpha value is -3.26. The number of hydrogen-bond acceptors (Lipinski definition) is 6. The minimum atomic E-state index is -0.337. The van der Waals surface area contributed by atoms with Crippen LogP contribution in [0.5, 0.6) is 0 Å². The molecule has 2 aliphatic heterocycles. The van der Waals surface area contributed by atoms with Crippen LogP contribution < -0.4 is 21.1 Å². The molecule has 1 atom stereocenters. The molecular formula is C22H24N6O2. The van der Waals surface area contributed by atoms with Crippen molar-refractivity contribution in [2.75, 3.05) is 29.9 Å². The average molecular weight is 404 g/mol. The highest BCUT2D eigenvalue weighted by Gasteiger charge is 2.38. The van der Waals surface area contributed by atoms with E-state index in [2.05, 4.69) is 34.4 Å². The van der Waals surface area contributed by atoms with Crippen molar-refractivity contribution in [3.8, 4) is 5.69 Å². The first kappa shape index (κ1) is 18.7. The molecule has 3 aromatic rings. The molecule has 154 valence electrons. The second-order valence-electron chi connectivity index (χ2n) is 8.16. The molecule has 0 bridgehead atoms. The molecule has 1 amide bonds. The van der Waals surface area contributed by atoms with Gasteiger partial charge in [-0.2, -0.15) is 0 Å². The van der Waals surface area contributed by atoms with Crippen LogP contribution in [-0.4, -0.2) is 46.1 Å². The lowest BCUT2D eigenvalue weighted by Crippen LogP contribution is -2.59. The molecule has 8 nitrogen and oxygen atoms in total. The highest BCUT2D eigenvalue weighted by Crippen LogP contribution is 2.38. The zero-order chi connectivity index (χ0) is 21.0. The fourth-order valence-corrected chi connectivity index (χ4v) is 4.52. The lowest BCUT2D eigenvalue weighted by atomic mass is 10.0. The number of carbonyl (C=O) groups excluding carboxylic acids is 1. The normalized spacial score (nSPS) is 18.3. The minimum Gasteiger partial charge on any atom is -0.355 e. The van der Waals surface area contributed by atoms with Gasteiger partial charge in [0.2, 0.25) is 5.91 Å². The van der Waals surface area contributed by atoms with Gasteiger partial charge in [-0.1, -0.05) is 13.8 Å². The van der Waals surface area contributed by atoms with E-state index in [9.17, 15) is 9.59 Å². The molecular weight excluding hydrogens is 380 g/mol. The van der Waals surface area contributed by atoms with Crippen molar-refractivity contribution in [3.63, 3.8) is 0 Å². The lowest BCUT2D eigenvalue weighted by Gasteiger charge is -2.41. The summed E-state index contributed by atoms with van der Waals surface area (Å²) in [7, 11) is 0. The van der Waals surface area contributed by atoms with Gasteiger partial charge in [-0.3, -0.25) is 19.1 Å². The number of hydrogen-bond donors (Lipinski definition) is 2. The maximum absolute atomic E-state index is 13.8. The van der Waals surface area contributed by atoms with Crippen LogP contribution >= 0.6 is 0 Å². The molecule has 1 unspecified atom stereocenters. The summed E-state index contributed by atoms with van der Waals surface area (Å²) in [5.41, 5.74) is 3.87. The minimum absolute atomic E-state index is 0.119. The largest absolute Gasteiger partial charge is 0.355 e. The van der Waals surface area contributed by atoms with E-state index in [-0.39, 0.29) is 23.4 Å². The number of fused-ring (bicyclic) bond motifs is 5. The second-order valence-corrected chi connectivity index (χ2v) is 8.16. The van der Waals surface area contributed by atoms with Gasteiger partial charge in [-0.15, -0.1) is 0 Å². The van der Waals surface area contributed by atoms with Crippen molar-refractivity contribution in [2.45, 2.75) is 32.7 Å². The molecule has 3 aromatic heterocycles. The van der Waals surface area contributed by atoms with Crippen molar-refractivity contribution >= 4 is 28.3 Å². The van der Waals surface area contributed by atoms with Crippen LogP contribution in [0.25, 0.3) is 16.7 Å². The molecule has 0 aromatic carbocycles. The summed E-state index contributed by atoms with van der Waals surface area (Å²) in [6, 6.07) is 5.39. The fraction of sp³-hybridized carbons (Fsp3) is 0.364. The highest BCUT2D eigenvalue weighted by atomic mass is 16.2. The van der Waals surface area contributed by atoms with Crippen LogP contribution in [-0.2, 0) is 4.79 Å². The van der Waals surface area contributed by atoms with Gasteiger partial charge in [0.25, 0.3) is 5.56 Å². The maximum Gasteiger partial charge on any atom is 0.282 e. The summed E-state index contributed by atoms with van der Waals surface area (Å²) in [6.07, 6.45) is 3.46. The Labute approximate surface area is 173 Å². The number of carbonyl (C=O) groups is 1. The van der Waals surface area contributed by atoms with Crippen molar-refractivity contribution < 1.29 is 4.79 Å². The Bertz CT molecular complexity index is 1230. The molecule has 5 rings (SSSR count). The Balaban J connectivity index is 1.90. The number of nitrogens with one attached hydrogen (secondary N) is 2. The summed E-state index contributed by atoms with van der Waals surface area (Å²) in [5, 5.41) is 7.00. The van der Waals surface area contributed by atoms with Crippen molar-refractivity contribution in [1.29, 1.82) is 0 Å². The first-order valence-corrected chi connectivity index (χ1v) is 10.3. The van der Waals surface area contributed by atoms with E-state index in [1.807, 2.05) is 30.0 Å². The number of piperazine rings is 1. The van der Waals surface area contributed by atoms with Gasteiger partial charge in [0.1, 0.15) is 17.4 Å². The van der Waals surface area contributed by atoms with Gasteiger partial charge in [0.15, 0.2) is 0 Å². The van der Waals surface area contributed by atoms with Gasteiger partial charge < -0.3 is 15.5 Å². The molecule has 5 heterocycles. The van der Waals surface area contributed by atoms with Crippen LogP contribution in [0.4, 0.5) is 11.4 Å². The number of pyridine rings is 3. The van der Waals surface area contributed by atoms with E-state index in [0.717, 1.165) is 34.6 Å². The van der Waals surface area contributed by atoms with Crippen LogP contribution in [0.2, 0.25) is 0 Å². The molecule has 0 aliphatic carbocycles. The predicted molar refractivity (Wildman–Crippen MR) is 117 cm³/mol. The molecule has 1 fully saturated rings. The first-order chi connectivity index (χ1) is 14.5. The van der Waals surface area contributed by atoms with E-state index in [1.165, 1.54) is 0 Å².